The molecule has 146 valence electrons. The number of carbonyl (C=O) groups excluding carboxylic acids is 2. The third-order valence-electron chi connectivity index (χ3n) is 8.73. The number of hydrogen-bond acceptors (Lipinski definition) is 3. The molecule has 4 saturated carbocycles. The van der Waals surface area contributed by atoms with Crippen LogP contribution in [0.1, 0.15) is 72.1 Å². The van der Waals surface area contributed by atoms with E-state index in [1.54, 1.807) is 0 Å². The van der Waals surface area contributed by atoms with Crippen molar-refractivity contribution in [3.05, 3.63) is 0 Å². The molecule has 0 spiro atoms. The van der Waals surface area contributed by atoms with Gasteiger partial charge in [0.25, 0.3) is 0 Å². The van der Waals surface area contributed by atoms with Gasteiger partial charge < -0.3 is 4.74 Å². The fraction of sp³-hybridized carbons (Fsp3) is 0.905. The third-order valence-corrected chi connectivity index (χ3v) is 12.3. The van der Waals surface area contributed by atoms with Crippen molar-refractivity contribution < 1.29 is 14.3 Å². The molecule has 0 aliphatic heterocycles. The molecule has 0 aromatic carbocycles. The SMILES string of the molecule is CC(=O)OC1CC[C@]2(C)[C@H]3CC[C@]4(C)C(=O)CC[C@H]4[C@@H]3CC(Br)C2(Br)C1. The summed E-state index contributed by atoms with van der Waals surface area (Å²) in [6.07, 6.45) is 8.11. The summed E-state index contributed by atoms with van der Waals surface area (Å²) in [6.45, 7) is 6.20. The van der Waals surface area contributed by atoms with E-state index in [-0.39, 0.29) is 27.2 Å². The van der Waals surface area contributed by atoms with Gasteiger partial charge in [-0.25, -0.2) is 0 Å². The standard InChI is InChI=1S/C21H30Br2O3/c1-12(24)26-13-6-9-20(3)16-7-8-19(2)15(4-5-18(19)25)14(16)10-17(22)21(20,23)11-13/h13-17H,4-11H2,1-3H3/t13?,14-,15-,16-,17?,19-,20+,21?/m0/s1. The van der Waals surface area contributed by atoms with Gasteiger partial charge >= 0.3 is 5.97 Å². The number of ketones is 1. The maximum atomic E-state index is 12.6. The molecule has 3 unspecified atom stereocenters. The minimum Gasteiger partial charge on any atom is -0.463 e. The summed E-state index contributed by atoms with van der Waals surface area (Å²) in [5.74, 6) is 2.16. The molecule has 26 heavy (non-hydrogen) atoms. The molecular formula is C21H30Br2O3. The summed E-state index contributed by atoms with van der Waals surface area (Å²) in [5, 5.41) is 0. The lowest BCUT2D eigenvalue weighted by molar-refractivity contribution is -0.155. The van der Waals surface area contributed by atoms with Crippen LogP contribution in [-0.4, -0.2) is 27.0 Å². The van der Waals surface area contributed by atoms with E-state index in [2.05, 4.69) is 45.7 Å². The zero-order chi connectivity index (χ0) is 18.9. The highest BCUT2D eigenvalue weighted by Gasteiger charge is 2.66. The van der Waals surface area contributed by atoms with Gasteiger partial charge in [-0.15, -0.1) is 0 Å². The first-order chi connectivity index (χ1) is 12.1. The minimum absolute atomic E-state index is 0.0125. The van der Waals surface area contributed by atoms with Gasteiger partial charge in [0.05, 0.1) is 0 Å². The number of alkyl halides is 2. The normalized spacial score (nSPS) is 53.4. The van der Waals surface area contributed by atoms with Crippen LogP contribution in [0, 0.1) is 28.6 Å². The quantitative estimate of drug-likeness (QED) is 0.364. The second-order valence-corrected chi connectivity index (χ2v) is 12.3. The topological polar surface area (TPSA) is 43.4 Å². The zero-order valence-corrected chi connectivity index (χ0v) is 19.2. The van der Waals surface area contributed by atoms with Crippen molar-refractivity contribution in [3.8, 4) is 0 Å². The predicted octanol–water partition coefficient (Wildman–Crippen LogP) is 5.42. The molecule has 0 N–H and O–H groups in total. The van der Waals surface area contributed by atoms with Gasteiger partial charge in [0, 0.05) is 34.3 Å². The Hall–Kier alpha value is 0.1000. The van der Waals surface area contributed by atoms with Crippen LogP contribution in [0.5, 0.6) is 0 Å². The van der Waals surface area contributed by atoms with Crippen molar-refractivity contribution in [2.75, 3.05) is 0 Å². The van der Waals surface area contributed by atoms with Crippen LogP contribution < -0.4 is 0 Å². The van der Waals surface area contributed by atoms with Crippen LogP contribution in [0.15, 0.2) is 0 Å². The lowest BCUT2D eigenvalue weighted by atomic mass is 9.45. The molecule has 0 bridgehead atoms. The first-order valence-corrected chi connectivity index (χ1v) is 11.9. The van der Waals surface area contributed by atoms with Crippen LogP contribution in [-0.2, 0) is 14.3 Å². The van der Waals surface area contributed by atoms with Gasteiger partial charge in [-0.05, 0) is 61.7 Å². The Bertz CT molecular complexity index is 637. The van der Waals surface area contributed by atoms with Gasteiger partial charge in [-0.1, -0.05) is 45.7 Å². The maximum Gasteiger partial charge on any atom is 0.302 e. The molecule has 8 atom stereocenters. The summed E-state index contributed by atoms with van der Waals surface area (Å²) in [5.41, 5.74) is 0.0964. The van der Waals surface area contributed by atoms with E-state index in [0.717, 1.165) is 51.4 Å². The van der Waals surface area contributed by atoms with E-state index in [1.165, 1.54) is 6.92 Å². The smallest absolute Gasteiger partial charge is 0.302 e. The highest BCUT2D eigenvalue weighted by molar-refractivity contribution is 9.12. The molecule has 0 aromatic rings. The van der Waals surface area contributed by atoms with Crippen LogP contribution in [0.3, 0.4) is 0 Å². The monoisotopic (exact) mass is 488 g/mol. The van der Waals surface area contributed by atoms with Crippen molar-refractivity contribution in [3.63, 3.8) is 0 Å². The van der Waals surface area contributed by atoms with Gasteiger partial charge in [0.2, 0.25) is 0 Å². The molecule has 0 aromatic heterocycles. The predicted molar refractivity (Wildman–Crippen MR) is 109 cm³/mol. The van der Waals surface area contributed by atoms with Crippen molar-refractivity contribution in [2.45, 2.75) is 87.4 Å². The number of ether oxygens (including phenoxy) is 1. The molecule has 0 radical (unpaired) electrons. The highest BCUT2D eigenvalue weighted by atomic mass is 79.9. The average molecular weight is 490 g/mol. The summed E-state index contributed by atoms with van der Waals surface area (Å²) >= 11 is 8.21. The van der Waals surface area contributed by atoms with Crippen LogP contribution >= 0.6 is 31.9 Å². The summed E-state index contributed by atoms with van der Waals surface area (Å²) < 4.78 is 5.55. The second kappa shape index (κ2) is 6.30. The largest absolute Gasteiger partial charge is 0.463 e. The summed E-state index contributed by atoms with van der Waals surface area (Å²) in [4.78, 5) is 24.4. The van der Waals surface area contributed by atoms with Crippen LogP contribution in [0.2, 0.25) is 0 Å². The second-order valence-electron chi connectivity index (χ2n) is 9.75. The Morgan fingerprint density at radius 1 is 1.15 bits per heavy atom. The van der Waals surface area contributed by atoms with E-state index in [4.69, 9.17) is 4.74 Å². The molecule has 4 rings (SSSR count). The van der Waals surface area contributed by atoms with E-state index in [0.29, 0.717) is 28.4 Å². The van der Waals surface area contributed by atoms with Gasteiger partial charge in [0.1, 0.15) is 11.9 Å². The molecule has 0 saturated heterocycles. The molecule has 4 aliphatic carbocycles. The Morgan fingerprint density at radius 3 is 2.58 bits per heavy atom. The number of carbonyl (C=O) groups is 2. The van der Waals surface area contributed by atoms with E-state index in [9.17, 15) is 9.59 Å². The fourth-order valence-corrected chi connectivity index (χ4v) is 9.44. The molecule has 0 heterocycles. The Kier molecular flexibility index (Phi) is 4.71. The number of esters is 1. The van der Waals surface area contributed by atoms with Crippen molar-refractivity contribution in [1.29, 1.82) is 0 Å². The van der Waals surface area contributed by atoms with E-state index in [1.807, 2.05) is 0 Å². The number of rotatable bonds is 1. The lowest BCUT2D eigenvalue weighted by Gasteiger charge is -2.65. The zero-order valence-electron chi connectivity index (χ0n) is 16.0. The summed E-state index contributed by atoms with van der Waals surface area (Å²) in [6, 6.07) is 0. The molecule has 3 nitrogen and oxygen atoms in total. The molecule has 5 heteroatoms. The van der Waals surface area contributed by atoms with Gasteiger partial charge in [-0.3, -0.25) is 9.59 Å². The fourth-order valence-electron chi connectivity index (χ4n) is 7.25. The molecule has 4 aliphatic rings. The van der Waals surface area contributed by atoms with Gasteiger partial charge in [-0.2, -0.15) is 0 Å². The van der Waals surface area contributed by atoms with E-state index < -0.39 is 0 Å². The average Bonchev–Trinajstić information content (AvgIpc) is 2.86. The summed E-state index contributed by atoms with van der Waals surface area (Å²) in [7, 11) is 0. The number of Topliss-reactive ketones (excluding diaryl/α,β-unsaturated/α-hetero) is 1. The van der Waals surface area contributed by atoms with Crippen LogP contribution in [0.25, 0.3) is 0 Å². The highest BCUT2D eigenvalue weighted by Crippen LogP contribution is 2.69. The number of fused-ring (bicyclic) bond motifs is 5. The Labute approximate surface area is 173 Å². The Balaban J connectivity index is 1.65. The number of halogens is 2. The van der Waals surface area contributed by atoms with Crippen molar-refractivity contribution >= 4 is 43.6 Å². The first-order valence-electron chi connectivity index (χ1n) is 10.2. The van der Waals surface area contributed by atoms with Crippen molar-refractivity contribution in [1.82, 2.24) is 0 Å². The maximum absolute atomic E-state index is 12.6. The first kappa shape index (κ1) is 19.4. The van der Waals surface area contributed by atoms with Crippen molar-refractivity contribution in [2.24, 2.45) is 28.6 Å². The molecular weight excluding hydrogens is 460 g/mol. The third kappa shape index (κ3) is 2.54. The number of hydrogen-bond donors (Lipinski definition) is 0. The minimum atomic E-state index is -0.174. The molecule has 4 fully saturated rings. The lowest BCUT2D eigenvalue weighted by Crippen LogP contribution is -2.64. The van der Waals surface area contributed by atoms with Gasteiger partial charge in [0.15, 0.2) is 0 Å². The Morgan fingerprint density at radius 2 is 1.88 bits per heavy atom. The van der Waals surface area contributed by atoms with Crippen LogP contribution in [0.4, 0.5) is 0 Å². The van der Waals surface area contributed by atoms with E-state index >= 15 is 0 Å². The molecule has 0 amide bonds.